The summed E-state index contributed by atoms with van der Waals surface area (Å²) in [4.78, 5) is 19.8. The minimum atomic E-state index is 0.155. The summed E-state index contributed by atoms with van der Waals surface area (Å²) in [6.45, 7) is 6.71. The fourth-order valence-electron chi connectivity index (χ4n) is 2.85. The highest BCUT2D eigenvalue weighted by molar-refractivity contribution is 5.93. The van der Waals surface area contributed by atoms with Crippen LogP contribution >= 0.6 is 0 Å². The molecule has 8 heteroatoms. The lowest BCUT2D eigenvalue weighted by molar-refractivity contribution is -0.130. The quantitative estimate of drug-likeness (QED) is 0.576. The predicted molar refractivity (Wildman–Crippen MR) is 103 cm³/mol. The van der Waals surface area contributed by atoms with Crippen LogP contribution in [0.5, 0.6) is 11.5 Å². The Morgan fingerprint density at radius 2 is 1.85 bits per heavy atom. The highest BCUT2D eigenvalue weighted by atomic mass is 16.5. The number of nitrogens with one attached hydrogen (secondary N) is 2. The van der Waals surface area contributed by atoms with Crippen molar-refractivity contribution >= 4 is 17.6 Å². The zero-order valence-corrected chi connectivity index (χ0v) is 16.0. The molecule has 1 heterocycles. The lowest BCUT2D eigenvalue weighted by Gasteiger charge is -2.34. The van der Waals surface area contributed by atoms with E-state index in [-0.39, 0.29) is 5.91 Å². The Balaban J connectivity index is 1.79. The van der Waals surface area contributed by atoms with Gasteiger partial charge in [0.05, 0.1) is 14.2 Å². The maximum atomic E-state index is 11.4. The molecule has 26 heavy (non-hydrogen) atoms. The summed E-state index contributed by atoms with van der Waals surface area (Å²) in [6.07, 6.45) is 0. The summed E-state index contributed by atoms with van der Waals surface area (Å²) >= 11 is 0. The van der Waals surface area contributed by atoms with Crippen LogP contribution < -0.4 is 20.1 Å². The van der Waals surface area contributed by atoms with Crippen LogP contribution in [-0.4, -0.2) is 82.2 Å². The van der Waals surface area contributed by atoms with Gasteiger partial charge >= 0.3 is 0 Å². The average molecular weight is 363 g/mol. The number of carbonyl (C=O) groups is 1. The molecule has 0 aromatic heterocycles. The fraction of sp³-hybridized carbons (Fsp3) is 0.556. The van der Waals surface area contributed by atoms with Crippen LogP contribution in [0.2, 0.25) is 0 Å². The van der Waals surface area contributed by atoms with Gasteiger partial charge in [0.15, 0.2) is 17.5 Å². The topological polar surface area (TPSA) is 78.4 Å². The highest BCUT2D eigenvalue weighted by Crippen LogP contribution is 2.29. The molecule has 0 bridgehead atoms. The number of nitrogens with zero attached hydrogens (tertiary/aromatic N) is 3. The molecule has 0 aliphatic carbocycles. The van der Waals surface area contributed by atoms with E-state index in [4.69, 9.17) is 9.47 Å². The molecule has 1 amide bonds. The van der Waals surface area contributed by atoms with Gasteiger partial charge < -0.3 is 25.0 Å². The van der Waals surface area contributed by atoms with Crippen molar-refractivity contribution < 1.29 is 14.3 Å². The Morgan fingerprint density at radius 1 is 1.15 bits per heavy atom. The molecule has 1 aliphatic heterocycles. The molecule has 1 aromatic carbocycles. The summed E-state index contributed by atoms with van der Waals surface area (Å²) in [5, 5.41) is 6.56. The zero-order valence-electron chi connectivity index (χ0n) is 16.0. The Labute approximate surface area is 155 Å². The number of methoxy groups -OCH3 is 2. The van der Waals surface area contributed by atoms with E-state index in [0.717, 1.165) is 45.0 Å². The van der Waals surface area contributed by atoms with Crippen molar-refractivity contribution in [3.05, 3.63) is 18.2 Å². The molecule has 0 unspecified atom stereocenters. The van der Waals surface area contributed by atoms with Crippen LogP contribution in [0.1, 0.15) is 6.92 Å². The van der Waals surface area contributed by atoms with Gasteiger partial charge in [-0.2, -0.15) is 0 Å². The predicted octanol–water partition coefficient (Wildman–Crippen LogP) is 0.855. The smallest absolute Gasteiger partial charge is 0.219 e. The second-order valence-electron chi connectivity index (χ2n) is 6.04. The summed E-state index contributed by atoms with van der Waals surface area (Å²) in [5.41, 5.74) is 0.867. The maximum Gasteiger partial charge on any atom is 0.219 e. The van der Waals surface area contributed by atoms with E-state index in [1.807, 2.05) is 23.1 Å². The van der Waals surface area contributed by atoms with Gasteiger partial charge in [0, 0.05) is 65.0 Å². The van der Waals surface area contributed by atoms with Crippen molar-refractivity contribution in [1.82, 2.24) is 15.1 Å². The molecule has 1 aliphatic rings. The van der Waals surface area contributed by atoms with E-state index < -0.39 is 0 Å². The number of benzene rings is 1. The first-order valence-corrected chi connectivity index (χ1v) is 8.75. The second-order valence-corrected chi connectivity index (χ2v) is 6.04. The van der Waals surface area contributed by atoms with Crippen molar-refractivity contribution in [2.75, 3.05) is 65.9 Å². The first-order chi connectivity index (χ1) is 12.6. The number of hydrogen-bond acceptors (Lipinski definition) is 5. The summed E-state index contributed by atoms with van der Waals surface area (Å²) in [5.74, 6) is 2.20. The minimum Gasteiger partial charge on any atom is -0.493 e. The number of ether oxygens (including phenoxy) is 2. The molecule has 1 aromatic rings. The van der Waals surface area contributed by atoms with Crippen molar-refractivity contribution in [3.63, 3.8) is 0 Å². The van der Waals surface area contributed by atoms with Gasteiger partial charge in [-0.1, -0.05) is 0 Å². The number of carbonyl (C=O) groups excluding carboxylic acids is 1. The first-order valence-electron chi connectivity index (χ1n) is 8.75. The number of rotatable bonds is 6. The Bertz CT molecular complexity index is 627. The van der Waals surface area contributed by atoms with Crippen LogP contribution in [0.15, 0.2) is 23.2 Å². The molecule has 8 nitrogen and oxygen atoms in total. The van der Waals surface area contributed by atoms with Gasteiger partial charge in [0.25, 0.3) is 0 Å². The molecule has 0 saturated carbocycles. The van der Waals surface area contributed by atoms with Crippen molar-refractivity contribution in [2.24, 2.45) is 4.99 Å². The minimum absolute atomic E-state index is 0.155. The third kappa shape index (κ3) is 5.52. The number of aliphatic imine (C=N–C) groups is 1. The lowest BCUT2D eigenvalue weighted by atomic mass is 10.2. The van der Waals surface area contributed by atoms with Gasteiger partial charge in [-0.15, -0.1) is 0 Å². The average Bonchev–Trinajstić information content (AvgIpc) is 2.67. The van der Waals surface area contributed by atoms with E-state index in [2.05, 4.69) is 20.5 Å². The molecular weight excluding hydrogens is 334 g/mol. The monoisotopic (exact) mass is 363 g/mol. The number of anilines is 1. The molecule has 1 saturated heterocycles. The van der Waals surface area contributed by atoms with E-state index in [0.29, 0.717) is 17.5 Å². The molecule has 144 valence electrons. The Hall–Kier alpha value is -2.48. The molecule has 2 N–H and O–H groups in total. The second kappa shape index (κ2) is 9.86. The van der Waals surface area contributed by atoms with Gasteiger partial charge in [0.1, 0.15) is 0 Å². The van der Waals surface area contributed by atoms with E-state index in [1.165, 1.54) is 0 Å². The fourth-order valence-corrected chi connectivity index (χ4v) is 2.85. The zero-order chi connectivity index (χ0) is 18.9. The number of guanidine groups is 1. The van der Waals surface area contributed by atoms with Gasteiger partial charge in [-0.25, -0.2) is 0 Å². The van der Waals surface area contributed by atoms with Gasteiger partial charge in [-0.05, 0) is 12.1 Å². The normalized spacial score (nSPS) is 15.5. The maximum absolute atomic E-state index is 11.4. The van der Waals surface area contributed by atoms with Crippen molar-refractivity contribution in [1.29, 1.82) is 0 Å². The van der Waals surface area contributed by atoms with Gasteiger partial charge in [-0.3, -0.25) is 14.7 Å². The summed E-state index contributed by atoms with van der Waals surface area (Å²) < 4.78 is 10.6. The molecular formula is C18H29N5O3. The number of hydrogen-bond donors (Lipinski definition) is 2. The molecule has 0 spiro atoms. The number of piperazine rings is 1. The van der Waals surface area contributed by atoms with Crippen LogP contribution in [0, 0.1) is 0 Å². The van der Waals surface area contributed by atoms with Gasteiger partial charge in [0.2, 0.25) is 5.91 Å². The SMILES string of the molecule is CN=C(NCCN1CCN(C(C)=O)CC1)Nc1ccc(OC)c(OC)c1. The summed E-state index contributed by atoms with van der Waals surface area (Å²) in [6, 6.07) is 5.63. The van der Waals surface area contributed by atoms with Crippen LogP contribution in [-0.2, 0) is 4.79 Å². The third-order valence-electron chi connectivity index (χ3n) is 4.41. The highest BCUT2D eigenvalue weighted by Gasteiger charge is 2.18. The Kier molecular flexibility index (Phi) is 7.53. The van der Waals surface area contributed by atoms with Crippen LogP contribution in [0.25, 0.3) is 0 Å². The first kappa shape index (κ1) is 19.8. The summed E-state index contributed by atoms with van der Waals surface area (Å²) in [7, 11) is 4.96. The van der Waals surface area contributed by atoms with Crippen molar-refractivity contribution in [3.8, 4) is 11.5 Å². The lowest BCUT2D eigenvalue weighted by Crippen LogP contribution is -2.50. The number of amides is 1. The van der Waals surface area contributed by atoms with Crippen LogP contribution in [0.4, 0.5) is 5.69 Å². The molecule has 2 rings (SSSR count). The van der Waals surface area contributed by atoms with Crippen molar-refractivity contribution in [2.45, 2.75) is 6.92 Å². The molecule has 1 fully saturated rings. The van der Waals surface area contributed by atoms with E-state index in [9.17, 15) is 4.79 Å². The standard InChI is InChI=1S/C18H29N5O3/c1-14(24)23-11-9-22(10-12-23)8-7-20-18(19-2)21-15-5-6-16(25-3)17(13-15)26-4/h5-6,13H,7-12H2,1-4H3,(H2,19,20,21). The third-order valence-corrected chi connectivity index (χ3v) is 4.41. The molecule has 0 atom stereocenters. The largest absolute Gasteiger partial charge is 0.493 e. The molecule has 0 radical (unpaired) electrons. The van der Waals surface area contributed by atoms with E-state index >= 15 is 0 Å². The van der Waals surface area contributed by atoms with Crippen LogP contribution in [0.3, 0.4) is 0 Å². The van der Waals surface area contributed by atoms with E-state index in [1.54, 1.807) is 28.2 Å². The Morgan fingerprint density at radius 3 is 2.42 bits per heavy atom.